The second-order valence-corrected chi connectivity index (χ2v) is 4.08. The standard InChI is InChI=1S/C11H14N2O3/c12-13-11(6-14-7-11)8-1-2-9-10(5-8)16-4-3-15-9/h1-2,5,13H,3-4,6-7,12H2. The van der Waals surface area contributed by atoms with Gasteiger partial charge in [0.15, 0.2) is 11.5 Å². The van der Waals surface area contributed by atoms with Gasteiger partial charge < -0.3 is 14.2 Å². The van der Waals surface area contributed by atoms with Crippen molar-refractivity contribution in [3.05, 3.63) is 23.8 Å². The van der Waals surface area contributed by atoms with Gasteiger partial charge in [-0.2, -0.15) is 0 Å². The van der Waals surface area contributed by atoms with Crippen molar-refractivity contribution in [2.75, 3.05) is 26.4 Å². The maximum atomic E-state index is 5.57. The maximum Gasteiger partial charge on any atom is 0.161 e. The summed E-state index contributed by atoms with van der Waals surface area (Å²) in [5, 5.41) is 0. The van der Waals surface area contributed by atoms with Gasteiger partial charge in [0, 0.05) is 0 Å². The van der Waals surface area contributed by atoms with Crippen molar-refractivity contribution >= 4 is 0 Å². The van der Waals surface area contributed by atoms with E-state index in [9.17, 15) is 0 Å². The van der Waals surface area contributed by atoms with Gasteiger partial charge >= 0.3 is 0 Å². The summed E-state index contributed by atoms with van der Waals surface area (Å²) in [5.74, 6) is 7.15. The van der Waals surface area contributed by atoms with Crippen LogP contribution in [-0.4, -0.2) is 26.4 Å². The number of ether oxygens (including phenoxy) is 3. The number of hydrazine groups is 1. The van der Waals surface area contributed by atoms with E-state index in [1.165, 1.54) is 0 Å². The Morgan fingerprint density at radius 3 is 2.50 bits per heavy atom. The van der Waals surface area contributed by atoms with Gasteiger partial charge in [0.25, 0.3) is 0 Å². The molecule has 0 saturated carbocycles. The highest BCUT2D eigenvalue weighted by Crippen LogP contribution is 2.36. The van der Waals surface area contributed by atoms with Crippen LogP contribution in [0.15, 0.2) is 18.2 Å². The Hall–Kier alpha value is -1.30. The van der Waals surface area contributed by atoms with E-state index in [-0.39, 0.29) is 5.54 Å². The Bertz CT molecular complexity index is 399. The fraction of sp³-hybridized carbons (Fsp3) is 0.455. The predicted molar refractivity (Wildman–Crippen MR) is 57.3 cm³/mol. The molecule has 16 heavy (non-hydrogen) atoms. The molecule has 0 aromatic heterocycles. The first-order valence-electron chi connectivity index (χ1n) is 5.30. The van der Waals surface area contributed by atoms with E-state index in [1.807, 2.05) is 18.2 Å². The highest BCUT2D eigenvalue weighted by Gasteiger charge is 2.40. The molecule has 0 amide bonds. The quantitative estimate of drug-likeness (QED) is 0.550. The Morgan fingerprint density at radius 1 is 1.12 bits per heavy atom. The molecule has 0 radical (unpaired) electrons. The number of rotatable bonds is 2. The minimum absolute atomic E-state index is 0.268. The van der Waals surface area contributed by atoms with E-state index in [4.69, 9.17) is 20.1 Å². The third-order valence-electron chi connectivity index (χ3n) is 3.07. The topological polar surface area (TPSA) is 65.7 Å². The van der Waals surface area contributed by atoms with E-state index >= 15 is 0 Å². The van der Waals surface area contributed by atoms with Crippen molar-refractivity contribution in [1.82, 2.24) is 5.43 Å². The van der Waals surface area contributed by atoms with Gasteiger partial charge in [-0.3, -0.25) is 5.84 Å². The van der Waals surface area contributed by atoms with Gasteiger partial charge in [-0.15, -0.1) is 0 Å². The van der Waals surface area contributed by atoms with Crippen LogP contribution >= 0.6 is 0 Å². The first-order valence-corrected chi connectivity index (χ1v) is 5.30. The van der Waals surface area contributed by atoms with Crippen LogP contribution in [-0.2, 0) is 10.3 Å². The van der Waals surface area contributed by atoms with Crippen LogP contribution in [0.3, 0.4) is 0 Å². The molecule has 0 spiro atoms. The normalized spacial score (nSPS) is 21.3. The molecule has 5 heteroatoms. The second-order valence-electron chi connectivity index (χ2n) is 4.08. The Kier molecular flexibility index (Phi) is 2.24. The lowest BCUT2D eigenvalue weighted by Crippen LogP contribution is -2.60. The van der Waals surface area contributed by atoms with Crippen molar-refractivity contribution < 1.29 is 14.2 Å². The van der Waals surface area contributed by atoms with E-state index in [2.05, 4.69) is 5.43 Å². The van der Waals surface area contributed by atoms with E-state index in [0.29, 0.717) is 26.4 Å². The molecule has 1 aromatic rings. The van der Waals surface area contributed by atoms with Gasteiger partial charge in [-0.1, -0.05) is 6.07 Å². The molecule has 5 nitrogen and oxygen atoms in total. The van der Waals surface area contributed by atoms with Crippen molar-refractivity contribution in [3.63, 3.8) is 0 Å². The summed E-state index contributed by atoms with van der Waals surface area (Å²) in [5.41, 5.74) is 3.62. The minimum atomic E-state index is -0.268. The molecular formula is C11H14N2O3. The van der Waals surface area contributed by atoms with Crippen LogP contribution in [0.4, 0.5) is 0 Å². The molecule has 1 aromatic carbocycles. The average Bonchev–Trinajstić information content (AvgIpc) is 2.28. The molecule has 2 aliphatic rings. The van der Waals surface area contributed by atoms with Gasteiger partial charge in [0.05, 0.1) is 13.2 Å². The smallest absolute Gasteiger partial charge is 0.161 e. The van der Waals surface area contributed by atoms with E-state index in [0.717, 1.165) is 17.1 Å². The van der Waals surface area contributed by atoms with Crippen LogP contribution in [0.2, 0.25) is 0 Å². The number of nitrogens with two attached hydrogens (primary N) is 1. The molecular weight excluding hydrogens is 208 g/mol. The molecule has 2 aliphatic heterocycles. The highest BCUT2D eigenvalue weighted by molar-refractivity contribution is 5.46. The summed E-state index contributed by atoms with van der Waals surface area (Å²) in [4.78, 5) is 0. The van der Waals surface area contributed by atoms with Gasteiger partial charge in [0.1, 0.15) is 18.8 Å². The van der Waals surface area contributed by atoms with Gasteiger partial charge in [0.2, 0.25) is 0 Å². The number of nitrogens with one attached hydrogen (secondary N) is 1. The molecule has 1 saturated heterocycles. The number of benzene rings is 1. The maximum absolute atomic E-state index is 5.57. The van der Waals surface area contributed by atoms with Crippen molar-refractivity contribution in [2.24, 2.45) is 5.84 Å². The van der Waals surface area contributed by atoms with Crippen LogP contribution in [0.1, 0.15) is 5.56 Å². The van der Waals surface area contributed by atoms with E-state index in [1.54, 1.807) is 0 Å². The molecule has 0 aliphatic carbocycles. The first kappa shape index (κ1) is 9.89. The van der Waals surface area contributed by atoms with Crippen molar-refractivity contribution in [1.29, 1.82) is 0 Å². The zero-order valence-electron chi connectivity index (χ0n) is 8.86. The number of fused-ring (bicyclic) bond motifs is 1. The van der Waals surface area contributed by atoms with Crippen molar-refractivity contribution in [2.45, 2.75) is 5.54 Å². The summed E-state index contributed by atoms with van der Waals surface area (Å²) in [6, 6.07) is 5.88. The first-order chi connectivity index (χ1) is 7.84. The SMILES string of the molecule is NNC1(c2ccc3c(c2)OCCO3)COC1. The van der Waals surface area contributed by atoms with E-state index < -0.39 is 0 Å². The van der Waals surface area contributed by atoms with Crippen molar-refractivity contribution in [3.8, 4) is 11.5 Å². The summed E-state index contributed by atoms with van der Waals surface area (Å²) in [7, 11) is 0. The third kappa shape index (κ3) is 1.36. The molecule has 0 atom stereocenters. The lowest BCUT2D eigenvalue weighted by Gasteiger charge is -2.41. The van der Waals surface area contributed by atoms with Crippen LogP contribution < -0.4 is 20.7 Å². The summed E-state index contributed by atoms with van der Waals surface area (Å²) < 4.78 is 16.2. The fourth-order valence-corrected chi connectivity index (χ4v) is 1.98. The van der Waals surface area contributed by atoms with Gasteiger partial charge in [-0.25, -0.2) is 5.43 Å². The zero-order chi connectivity index (χ0) is 11.0. The molecule has 3 N–H and O–H groups in total. The fourth-order valence-electron chi connectivity index (χ4n) is 1.98. The Morgan fingerprint density at radius 2 is 1.88 bits per heavy atom. The number of hydrogen-bond acceptors (Lipinski definition) is 5. The average molecular weight is 222 g/mol. The van der Waals surface area contributed by atoms with Crippen LogP contribution in [0.25, 0.3) is 0 Å². The second kappa shape index (κ2) is 3.62. The number of hydrogen-bond donors (Lipinski definition) is 2. The summed E-state index contributed by atoms with van der Waals surface area (Å²) in [6.07, 6.45) is 0. The lowest BCUT2D eigenvalue weighted by atomic mass is 9.88. The predicted octanol–water partition coefficient (Wildman–Crippen LogP) is 0.147. The third-order valence-corrected chi connectivity index (χ3v) is 3.07. The molecule has 0 unspecified atom stereocenters. The van der Waals surface area contributed by atoms with Gasteiger partial charge in [-0.05, 0) is 17.7 Å². The summed E-state index contributed by atoms with van der Waals surface area (Å²) in [6.45, 7) is 2.37. The highest BCUT2D eigenvalue weighted by atomic mass is 16.6. The minimum Gasteiger partial charge on any atom is -0.486 e. The lowest BCUT2D eigenvalue weighted by molar-refractivity contribution is -0.0788. The largest absolute Gasteiger partial charge is 0.486 e. The monoisotopic (exact) mass is 222 g/mol. The van der Waals surface area contributed by atoms with Crippen LogP contribution in [0, 0.1) is 0 Å². The Balaban J connectivity index is 1.96. The molecule has 1 fully saturated rings. The molecule has 2 heterocycles. The zero-order valence-corrected chi connectivity index (χ0v) is 8.86. The molecule has 0 bridgehead atoms. The Labute approximate surface area is 93.4 Å². The van der Waals surface area contributed by atoms with Crippen LogP contribution in [0.5, 0.6) is 11.5 Å². The molecule has 3 rings (SSSR count). The summed E-state index contributed by atoms with van der Waals surface area (Å²) >= 11 is 0. The molecule has 86 valence electrons.